The smallest absolute Gasteiger partial charge is 0.264 e. The van der Waals surface area contributed by atoms with Gasteiger partial charge in [-0.05, 0) is 66.3 Å². The van der Waals surface area contributed by atoms with Gasteiger partial charge in [-0.25, -0.2) is 9.97 Å². The number of pyridine rings is 2. The predicted octanol–water partition coefficient (Wildman–Crippen LogP) is 6.09. The number of tetrazole rings is 1. The third-order valence-electron chi connectivity index (χ3n) is 6.72. The highest BCUT2D eigenvalue weighted by molar-refractivity contribution is 8.00. The number of rotatable bonds is 11. The van der Waals surface area contributed by atoms with Crippen LogP contribution in [0.25, 0.3) is 22.9 Å². The lowest BCUT2D eigenvalue weighted by atomic mass is 9.96. The van der Waals surface area contributed by atoms with Crippen molar-refractivity contribution in [2.45, 2.75) is 50.2 Å². The van der Waals surface area contributed by atoms with E-state index in [4.69, 9.17) is 24.2 Å². The number of benzene rings is 1. The summed E-state index contributed by atoms with van der Waals surface area (Å²) in [6.07, 6.45) is 6.54. The number of nitrogens with one attached hydrogen (secondary N) is 2. The molecule has 0 amide bonds. The molecule has 0 unspecified atom stereocenters. The number of ether oxygens (including phenoxy) is 3. The molecule has 1 fully saturated rings. The lowest BCUT2D eigenvalue weighted by Crippen LogP contribution is -2.25. The van der Waals surface area contributed by atoms with E-state index in [-0.39, 0.29) is 6.10 Å². The van der Waals surface area contributed by atoms with Gasteiger partial charge in [-0.1, -0.05) is 32.0 Å². The summed E-state index contributed by atoms with van der Waals surface area (Å²) in [6, 6.07) is 15.1. The zero-order chi connectivity index (χ0) is 28.9. The standard InChI is InChI=1S/C29H29N9O3S/c1-17(2)19-11-12-24(31-16-19)42-36-28-25(41-23-10-5-4-9-22(23)39-3)29(40-20-7-6-8-20)33-26(32-28)18-13-14-30-21(15-18)27-34-37-38-35-27/h4-5,9-17,20H,6-8H2,1-3H3,(H,32,33,36)(H,34,35,37,38). The van der Waals surface area contributed by atoms with Crippen molar-refractivity contribution in [3.8, 4) is 46.0 Å². The van der Waals surface area contributed by atoms with E-state index < -0.39 is 0 Å². The van der Waals surface area contributed by atoms with Crippen LogP contribution in [-0.2, 0) is 0 Å². The van der Waals surface area contributed by atoms with Gasteiger partial charge in [0, 0.05) is 29.9 Å². The fourth-order valence-electron chi connectivity index (χ4n) is 4.12. The largest absolute Gasteiger partial charge is 0.493 e. The second kappa shape index (κ2) is 12.4. The number of H-pyrrole nitrogens is 1. The number of anilines is 1. The van der Waals surface area contributed by atoms with Crippen LogP contribution in [0.15, 0.2) is 66.0 Å². The van der Waals surface area contributed by atoms with Crippen molar-refractivity contribution in [2.24, 2.45) is 0 Å². The first-order valence-corrected chi connectivity index (χ1v) is 14.4. The van der Waals surface area contributed by atoms with Gasteiger partial charge < -0.3 is 18.9 Å². The molecule has 6 rings (SSSR count). The Balaban J connectivity index is 1.42. The minimum Gasteiger partial charge on any atom is -0.493 e. The molecule has 1 saturated carbocycles. The average Bonchev–Trinajstić information content (AvgIpc) is 3.55. The van der Waals surface area contributed by atoms with Gasteiger partial charge in [0.2, 0.25) is 11.6 Å². The Bertz CT molecular complexity index is 1650. The highest BCUT2D eigenvalue weighted by Crippen LogP contribution is 2.43. The average molecular weight is 584 g/mol. The zero-order valence-electron chi connectivity index (χ0n) is 23.3. The lowest BCUT2D eigenvalue weighted by molar-refractivity contribution is 0.111. The third kappa shape index (κ3) is 6.10. The van der Waals surface area contributed by atoms with Gasteiger partial charge in [-0.15, -0.1) is 10.2 Å². The lowest BCUT2D eigenvalue weighted by Gasteiger charge is -2.27. The quantitative estimate of drug-likeness (QED) is 0.174. The van der Waals surface area contributed by atoms with Crippen molar-refractivity contribution in [3.05, 3.63) is 66.5 Å². The number of nitrogens with zero attached hydrogens (tertiary/aromatic N) is 7. The summed E-state index contributed by atoms with van der Waals surface area (Å²) in [7, 11) is 1.60. The van der Waals surface area contributed by atoms with Crippen LogP contribution < -0.4 is 18.9 Å². The van der Waals surface area contributed by atoms with Crippen LogP contribution in [0.5, 0.6) is 23.1 Å². The number of aromatic nitrogens is 8. The van der Waals surface area contributed by atoms with E-state index >= 15 is 0 Å². The molecule has 0 radical (unpaired) electrons. The van der Waals surface area contributed by atoms with Crippen molar-refractivity contribution in [1.82, 2.24) is 40.6 Å². The van der Waals surface area contributed by atoms with Crippen LogP contribution in [0, 0.1) is 0 Å². The normalized spacial score (nSPS) is 13.0. The van der Waals surface area contributed by atoms with Crippen LogP contribution in [0.1, 0.15) is 44.6 Å². The molecule has 1 aliphatic carbocycles. The first kappa shape index (κ1) is 27.4. The van der Waals surface area contributed by atoms with Gasteiger partial charge in [-0.3, -0.25) is 4.98 Å². The van der Waals surface area contributed by atoms with Crippen LogP contribution in [0.4, 0.5) is 5.82 Å². The van der Waals surface area contributed by atoms with Crippen molar-refractivity contribution < 1.29 is 14.2 Å². The first-order valence-electron chi connectivity index (χ1n) is 13.6. The van der Waals surface area contributed by atoms with Crippen molar-refractivity contribution >= 4 is 17.8 Å². The second-order valence-corrected chi connectivity index (χ2v) is 10.7. The predicted molar refractivity (Wildman–Crippen MR) is 158 cm³/mol. The summed E-state index contributed by atoms with van der Waals surface area (Å²) < 4.78 is 21.7. The van der Waals surface area contributed by atoms with E-state index in [1.54, 1.807) is 19.4 Å². The van der Waals surface area contributed by atoms with Crippen molar-refractivity contribution in [2.75, 3.05) is 11.8 Å². The van der Waals surface area contributed by atoms with Gasteiger partial charge in [-0.2, -0.15) is 10.2 Å². The van der Waals surface area contributed by atoms with E-state index in [2.05, 4.69) is 55.2 Å². The molecule has 0 saturated heterocycles. The minimum absolute atomic E-state index is 0.0332. The van der Waals surface area contributed by atoms with E-state index in [1.165, 1.54) is 11.9 Å². The number of aromatic amines is 1. The molecular weight excluding hydrogens is 554 g/mol. The molecule has 12 nitrogen and oxygen atoms in total. The van der Waals surface area contributed by atoms with Gasteiger partial charge >= 0.3 is 0 Å². The fraction of sp³-hybridized carbons (Fsp3) is 0.276. The molecule has 0 atom stereocenters. The highest BCUT2D eigenvalue weighted by atomic mass is 32.2. The Morgan fingerprint density at radius 2 is 1.86 bits per heavy atom. The van der Waals surface area contributed by atoms with E-state index in [9.17, 15) is 0 Å². The van der Waals surface area contributed by atoms with E-state index in [0.717, 1.165) is 29.9 Å². The summed E-state index contributed by atoms with van der Waals surface area (Å²) >= 11 is 1.32. The van der Waals surface area contributed by atoms with E-state index in [1.807, 2.05) is 42.6 Å². The van der Waals surface area contributed by atoms with Gasteiger partial charge in [0.15, 0.2) is 23.1 Å². The van der Waals surface area contributed by atoms with Crippen LogP contribution in [0.3, 0.4) is 0 Å². The molecular formula is C29H29N9O3S. The molecule has 4 heterocycles. The Morgan fingerprint density at radius 3 is 2.55 bits per heavy atom. The summed E-state index contributed by atoms with van der Waals surface area (Å²) in [6.45, 7) is 4.28. The van der Waals surface area contributed by atoms with Crippen molar-refractivity contribution in [3.63, 3.8) is 0 Å². The summed E-state index contributed by atoms with van der Waals surface area (Å²) in [5, 5.41) is 14.9. The van der Waals surface area contributed by atoms with Crippen LogP contribution in [-0.4, -0.2) is 53.8 Å². The van der Waals surface area contributed by atoms with Gasteiger partial charge in [0.05, 0.1) is 7.11 Å². The maximum absolute atomic E-state index is 6.43. The third-order valence-corrected chi connectivity index (χ3v) is 7.46. The Labute approximate surface area is 246 Å². The molecule has 214 valence electrons. The molecule has 2 N–H and O–H groups in total. The molecule has 0 spiro atoms. The fourth-order valence-corrected chi connectivity index (χ4v) is 4.70. The van der Waals surface area contributed by atoms with Crippen LogP contribution in [0.2, 0.25) is 0 Å². The van der Waals surface area contributed by atoms with Gasteiger partial charge in [0.1, 0.15) is 16.8 Å². The molecule has 0 aliphatic heterocycles. The zero-order valence-corrected chi connectivity index (χ0v) is 24.1. The Morgan fingerprint density at radius 1 is 1.00 bits per heavy atom. The maximum atomic E-state index is 6.43. The molecule has 13 heteroatoms. The topological polar surface area (TPSA) is 146 Å². The first-order chi connectivity index (χ1) is 20.6. The molecule has 1 aliphatic rings. The monoisotopic (exact) mass is 583 g/mol. The molecule has 42 heavy (non-hydrogen) atoms. The summed E-state index contributed by atoms with van der Waals surface area (Å²) in [5.74, 6) is 3.31. The van der Waals surface area contributed by atoms with E-state index in [0.29, 0.717) is 57.8 Å². The Hall–Kier alpha value is -4.78. The molecule has 4 aromatic heterocycles. The van der Waals surface area contributed by atoms with Crippen LogP contribution >= 0.6 is 11.9 Å². The summed E-state index contributed by atoms with van der Waals surface area (Å²) in [5.41, 5.74) is 2.38. The number of hydrogen-bond donors (Lipinski definition) is 2. The minimum atomic E-state index is 0.0332. The Kier molecular flexibility index (Phi) is 8.08. The summed E-state index contributed by atoms with van der Waals surface area (Å²) in [4.78, 5) is 18.7. The molecule has 5 aromatic rings. The highest BCUT2D eigenvalue weighted by Gasteiger charge is 2.27. The molecule has 0 bridgehead atoms. The number of hydrogen-bond acceptors (Lipinski definition) is 12. The number of para-hydroxylation sites is 2. The maximum Gasteiger partial charge on any atom is 0.264 e. The second-order valence-electron chi connectivity index (χ2n) is 9.91. The molecule has 1 aromatic carbocycles. The van der Waals surface area contributed by atoms with Gasteiger partial charge in [0.25, 0.3) is 5.88 Å². The number of methoxy groups -OCH3 is 1. The SMILES string of the molecule is COc1ccccc1Oc1c(NSc2ccc(C(C)C)cn2)nc(-c2ccnc(-c3nn[nH]n3)c2)nc1OC1CCC1. The van der Waals surface area contributed by atoms with Crippen molar-refractivity contribution in [1.29, 1.82) is 0 Å².